The lowest BCUT2D eigenvalue weighted by Crippen LogP contribution is -2.42. The van der Waals surface area contributed by atoms with Crippen LogP contribution in [-0.2, 0) is 6.42 Å². The Balaban J connectivity index is 1.32. The van der Waals surface area contributed by atoms with Crippen molar-refractivity contribution in [1.82, 2.24) is 19.8 Å². The van der Waals surface area contributed by atoms with Crippen molar-refractivity contribution in [2.75, 3.05) is 40.3 Å². The molecule has 0 aliphatic carbocycles. The highest BCUT2D eigenvalue weighted by molar-refractivity contribution is 5.97. The van der Waals surface area contributed by atoms with E-state index in [1.807, 2.05) is 42.3 Å². The number of likely N-dealkylation sites (tertiary alicyclic amines) is 1. The summed E-state index contributed by atoms with van der Waals surface area (Å²) in [5.74, 6) is 1.53. The van der Waals surface area contributed by atoms with Crippen LogP contribution in [-0.4, -0.2) is 66.0 Å². The van der Waals surface area contributed by atoms with Crippen molar-refractivity contribution in [2.45, 2.75) is 19.3 Å². The molecule has 0 spiro atoms. The van der Waals surface area contributed by atoms with Crippen molar-refractivity contribution in [3.63, 3.8) is 0 Å². The Morgan fingerprint density at radius 1 is 1.30 bits per heavy atom. The van der Waals surface area contributed by atoms with Gasteiger partial charge in [0.25, 0.3) is 5.91 Å². The number of fused-ring (bicyclic) bond motifs is 1. The molecule has 1 amide bonds. The molecule has 0 bridgehead atoms. The van der Waals surface area contributed by atoms with E-state index < -0.39 is 0 Å². The largest absolute Gasteiger partial charge is 0.496 e. The Morgan fingerprint density at radius 3 is 3.03 bits per heavy atom. The number of carbonyl (C=O) groups is 1. The highest BCUT2D eigenvalue weighted by atomic mass is 16.5. The number of aromatic nitrogens is 2. The molecule has 1 aliphatic rings. The van der Waals surface area contributed by atoms with Crippen molar-refractivity contribution in [3.05, 3.63) is 59.9 Å². The molecule has 0 radical (unpaired) electrons. The number of imidazole rings is 1. The molecule has 2 aromatic carbocycles. The lowest BCUT2D eigenvalue weighted by molar-refractivity contribution is 0.0730. The number of benzene rings is 2. The number of aromatic amines is 1. The topological polar surface area (TPSA) is 61.5 Å². The Labute approximate surface area is 177 Å². The maximum atomic E-state index is 12.9. The first-order valence-corrected chi connectivity index (χ1v) is 10.7. The number of ether oxygens (including phenoxy) is 1. The van der Waals surface area contributed by atoms with E-state index in [9.17, 15) is 4.79 Å². The summed E-state index contributed by atoms with van der Waals surface area (Å²) < 4.78 is 5.48. The molecule has 1 aromatic heterocycles. The van der Waals surface area contributed by atoms with E-state index >= 15 is 0 Å². The average molecular weight is 407 g/mol. The van der Waals surface area contributed by atoms with Crippen LogP contribution in [0.3, 0.4) is 0 Å². The fraction of sp³-hybridized carbons (Fsp3) is 0.417. The zero-order valence-electron chi connectivity index (χ0n) is 17.8. The van der Waals surface area contributed by atoms with Gasteiger partial charge in [0.05, 0.1) is 24.5 Å². The zero-order chi connectivity index (χ0) is 20.9. The van der Waals surface area contributed by atoms with Crippen LogP contribution in [0.5, 0.6) is 5.75 Å². The highest BCUT2D eigenvalue weighted by Crippen LogP contribution is 2.22. The summed E-state index contributed by atoms with van der Waals surface area (Å²) in [6.45, 7) is 3.96. The number of methoxy groups -OCH3 is 1. The van der Waals surface area contributed by atoms with Gasteiger partial charge < -0.3 is 19.5 Å². The second kappa shape index (κ2) is 9.30. The molecule has 1 atom stereocenters. The predicted octanol–water partition coefficient (Wildman–Crippen LogP) is 3.60. The van der Waals surface area contributed by atoms with E-state index in [0.29, 0.717) is 11.5 Å². The molecule has 3 aromatic rings. The minimum atomic E-state index is 0.0673. The Kier molecular flexibility index (Phi) is 6.33. The number of hydrogen-bond acceptors (Lipinski definition) is 4. The summed E-state index contributed by atoms with van der Waals surface area (Å²) in [6.07, 6.45) is 4.99. The maximum absolute atomic E-state index is 12.9. The number of rotatable bonds is 7. The molecular weight excluding hydrogens is 376 g/mol. The Bertz CT molecular complexity index is 1000. The summed E-state index contributed by atoms with van der Waals surface area (Å²) >= 11 is 0. The summed E-state index contributed by atoms with van der Waals surface area (Å²) in [6, 6.07) is 13.9. The monoisotopic (exact) mass is 406 g/mol. The van der Waals surface area contributed by atoms with Crippen LogP contribution < -0.4 is 4.74 Å². The number of amides is 1. The number of H-pyrrole nitrogens is 1. The molecule has 2 heterocycles. The van der Waals surface area contributed by atoms with Crippen LogP contribution in [0.25, 0.3) is 11.0 Å². The molecular formula is C24H30N4O2. The second-order valence-corrected chi connectivity index (χ2v) is 8.19. The number of nitrogens with one attached hydrogen (secondary N) is 1. The molecule has 0 saturated carbocycles. The third kappa shape index (κ3) is 4.65. The summed E-state index contributed by atoms with van der Waals surface area (Å²) in [7, 11) is 3.64. The van der Waals surface area contributed by atoms with E-state index in [2.05, 4.69) is 27.0 Å². The van der Waals surface area contributed by atoms with Crippen LogP contribution in [0.4, 0.5) is 0 Å². The van der Waals surface area contributed by atoms with Gasteiger partial charge in [-0.1, -0.05) is 18.2 Å². The normalized spacial score (nSPS) is 17.2. The molecule has 0 unspecified atom stereocenters. The molecule has 1 aliphatic heterocycles. The van der Waals surface area contributed by atoms with E-state index in [1.54, 1.807) is 13.4 Å². The number of carbonyl (C=O) groups excluding carboxylic acids is 1. The maximum Gasteiger partial charge on any atom is 0.253 e. The van der Waals surface area contributed by atoms with Crippen LogP contribution in [0, 0.1) is 5.92 Å². The van der Waals surface area contributed by atoms with Crippen molar-refractivity contribution < 1.29 is 9.53 Å². The fourth-order valence-corrected chi connectivity index (χ4v) is 4.45. The number of piperidine rings is 1. The first-order valence-electron chi connectivity index (χ1n) is 10.7. The van der Waals surface area contributed by atoms with E-state index in [4.69, 9.17) is 4.74 Å². The van der Waals surface area contributed by atoms with E-state index in [-0.39, 0.29) is 5.91 Å². The molecule has 1 N–H and O–H groups in total. The van der Waals surface area contributed by atoms with Gasteiger partial charge >= 0.3 is 0 Å². The van der Waals surface area contributed by atoms with Crippen LogP contribution >= 0.6 is 0 Å². The zero-order valence-corrected chi connectivity index (χ0v) is 17.8. The Hall–Kier alpha value is -2.86. The van der Waals surface area contributed by atoms with Gasteiger partial charge in [0, 0.05) is 32.2 Å². The molecule has 4 rings (SSSR count). The standard InChI is InChI=1S/C24H30N4O2/c1-27(24(29)20-9-10-21-22(14-20)26-17-25-21)15-18-6-5-12-28(16-18)13-11-19-7-3-4-8-23(19)30-2/h3-4,7-10,14,17-18H,5-6,11-13,15-16H2,1-2H3,(H,25,26)/t18-/m1/s1. The van der Waals surface area contributed by atoms with Gasteiger partial charge in [0.15, 0.2) is 0 Å². The number of nitrogens with zero attached hydrogens (tertiary/aromatic N) is 3. The van der Waals surface area contributed by atoms with Gasteiger partial charge in [-0.3, -0.25) is 4.79 Å². The van der Waals surface area contributed by atoms with Gasteiger partial charge in [0.2, 0.25) is 0 Å². The minimum Gasteiger partial charge on any atom is -0.496 e. The lowest BCUT2D eigenvalue weighted by Gasteiger charge is -2.34. The van der Waals surface area contributed by atoms with Gasteiger partial charge in [-0.05, 0) is 61.6 Å². The van der Waals surface area contributed by atoms with Gasteiger partial charge in [0.1, 0.15) is 5.75 Å². The molecule has 1 fully saturated rings. The van der Waals surface area contributed by atoms with Gasteiger partial charge in [-0.15, -0.1) is 0 Å². The summed E-state index contributed by atoms with van der Waals surface area (Å²) in [4.78, 5) is 24.6. The van der Waals surface area contributed by atoms with Crippen LogP contribution in [0.2, 0.25) is 0 Å². The van der Waals surface area contributed by atoms with Crippen molar-refractivity contribution in [1.29, 1.82) is 0 Å². The highest BCUT2D eigenvalue weighted by Gasteiger charge is 2.23. The summed E-state index contributed by atoms with van der Waals surface area (Å²) in [5.41, 5.74) is 3.74. The van der Waals surface area contributed by atoms with Crippen molar-refractivity contribution in [2.24, 2.45) is 5.92 Å². The number of hydrogen-bond donors (Lipinski definition) is 1. The number of para-hydroxylation sites is 1. The van der Waals surface area contributed by atoms with E-state index in [1.165, 1.54) is 18.4 Å². The van der Waals surface area contributed by atoms with Gasteiger partial charge in [-0.2, -0.15) is 0 Å². The Morgan fingerprint density at radius 2 is 2.17 bits per heavy atom. The third-order valence-corrected chi connectivity index (χ3v) is 6.04. The third-order valence-electron chi connectivity index (χ3n) is 6.04. The predicted molar refractivity (Wildman–Crippen MR) is 119 cm³/mol. The smallest absolute Gasteiger partial charge is 0.253 e. The minimum absolute atomic E-state index is 0.0673. The second-order valence-electron chi connectivity index (χ2n) is 8.19. The van der Waals surface area contributed by atoms with Gasteiger partial charge in [-0.25, -0.2) is 4.98 Å². The summed E-state index contributed by atoms with van der Waals surface area (Å²) in [5, 5.41) is 0. The lowest BCUT2D eigenvalue weighted by atomic mass is 9.96. The molecule has 158 valence electrons. The van der Waals surface area contributed by atoms with Crippen molar-refractivity contribution in [3.8, 4) is 5.75 Å². The quantitative estimate of drug-likeness (QED) is 0.651. The first kappa shape index (κ1) is 20.4. The van der Waals surface area contributed by atoms with E-state index in [0.717, 1.165) is 49.4 Å². The first-order chi connectivity index (χ1) is 14.6. The fourth-order valence-electron chi connectivity index (χ4n) is 4.45. The van der Waals surface area contributed by atoms with Crippen LogP contribution in [0.15, 0.2) is 48.8 Å². The SMILES string of the molecule is COc1ccccc1CCN1CCC[C@H](CN(C)C(=O)c2ccc3nc[nH]c3c2)C1. The van der Waals surface area contributed by atoms with Crippen LogP contribution in [0.1, 0.15) is 28.8 Å². The molecule has 6 heteroatoms. The molecule has 30 heavy (non-hydrogen) atoms. The average Bonchev–Trinajstić information content (AvgIpc) is 3.25. The molecule has 6 nitrogen and oxygen atoms in total. The van der Waals surface area contributed by atoms with Crippen molar-refractivity contribution >= 4 is 16.9 Å². The molecule has 1 saturated heterocycles.